The fourth-order valence-electron chi connectivity index (χ4n) is 1.34. The molecule has 0 saturated carbocycles. The molecule has 6 nitrogen and oxygen atoms in total. The van der Waals surface area contributed by atoms with Gasteiger partial charge < -0.3 is 20.9 Å². The number of phenolic OH excluding ortho intramolecular Hbond substituents is 1. The highest BCUT2D eigenvalue weighted by Gasteiger charge is 2.14. The van der Waals surface area contributed by atoms with E-state index in [0.717, 1.165) is 5.56 Å². The van der Waals surface area contributed by atoms with Crippen molar-refractivity contribution < 1.29 is 19.4 Å². The second-order valence-corrected chi connectivity index (χ2v) is 3.77. The molecule has 6 heteroatoms. The SMILES string of the molecule is COC(=O)CNC(=O)[C@@H](N)Cc1ccc(O)cc1. The molecule has 18 heavy (non-hydrogen) atoms. The van der Waals surface area contributed by atoms with Crippen molar-refractivity contribution in [1.82, 2.24) is 5.32 Å². The number of methoxy groups -OCH3 is 1. The van der Waals surface area contributed by atoms with Crippen LogP contribution in [0, 0.1) is 0 Å². The fourth-order valence-corrected chi connectivity index (χ4v) is 1.34. The third-order valence-electron chi connectivity index (χ3n) is 2.36. The van der Waals surface area contributed by atoms with Gasteiger partial charge in [0.05, 0.1) is 13.2 Å². The van der Waals surface area contributed by atoms with Crippen LogP contribution in [0.2, 0.25) is 0 Å². The second-order valence-electron chi connectivity index (χ2n) is 3.77. The summed E-state index contributed by atoms with van der Waals surface area (Å²) < 4.78 is 4.39. The van der Waals surface area contributed by atoms with E-state index in [9.17, 15) is 9.59 Å². The topological polar surface area (TPSA) is 102 Å². The Kier molecular flexibility index (Phi) is 5.13. The lowest BCUT2D eigenvalue weighted by Crippen LogP contribution is -2.44. The second kappa shape index (κ2) is 6.61. The van der Waals surface area contributed by atoms with Gasteiger partial charge in [-0.05, 0) is 24.1 Å². The van der Waals surface area contributed by atoms with Crippen LogP contribution < -0.4 is 11.1 Å². The lowest BCUT2D eigenvalue weighted by molar-refractivity contribution is -0.141. The van der Waals surface area contributed by atoms with Gasteiger partial charge in [-0.2, -0.15) is 0 Å². The van der Waals surface area contributed by atoms with E-state index in [4.69, 9.17) is 10.8 Å². The number of phenols is 1. The van der Waals surface area contributed by atoms with Crippen LogP contribution in [-0.4, -0.2) is 36.7 Å². The number of nitrogens with one attached hydrogen (secondary N) is 1. The van der Waals surface area contributed by atoms with E-state index in [2.05, 4.69) is 10.1 Å². The number of rotatable bonds is 5. The molecule has 0 aromatic heterocycles. The average Bonchev–Trinajstić information content (AvgIpc) is 2.38. The van der Waals surface area contributed by atoms with Gasteiger partial charge in [-0.1, -0.05) is 12.1 Å². The molecule has 4 N–H and O–H groups in total. The largest absolute Gasteiger partial charge is 0.508 e. The molecule has 0 heterocycles. The summed E-state index contributed by atoms with van der Waals surface area (Å²) in [6.45, 7) is -0.196. The summed E-state index contributed by atoms with van der Waals surface area (Å²) in [5.41, 5.74) is 6.52. The number of aromatic hydroxyl groups is 1. The Labute approximate surface area is 105 Å². The van der Waals surface area contributed by atoms with Crippen molar-refractivity contribution in [3.8, 4) is 5.75 Å². The molecular weight excluding hydrogens is 236 g/mol. The Balaban J connectivity index is 2.44. The predicted octanol–water partition coefficient (Wildman–Crippen LogP) is -0.449. The first-order chi connectivity index (χ1) is 8.52. The molecule has 1 aromatic carbocycles. The molecule has 0 spiro atoms. The zero-order chi connectivity index (χ0) is 13.5. The van der Waals surface area contributed by atoms with E-state index in [1.807, 2.05) is 0 Å². The van der Waals surface area contributed by atoms with Crippen LogP contribution >= 0.6 is 0 Å². The van der Waals surface area contributed by atoms with E-state index in [-0.39, 0.29) is 12.3 Å². The number of hydrogen-bond acceptors (Lipinski definition) is 5. The molecule has 0 aliphatic rings. The maximum atomic E-state index is 11.5. The van der Waals surface area contributed by atoms with Gasteiger partial charge in [0.25, 0.3) is 0 Å². The summed E-state index contributed by atoms with van der Waals surface area (Å²) in [6.07, 6.45) is 0.327. The zero-order valence-corrected chi connectivity index (χ0v) is 10.1. The number of ether oxygens (including phenoxy) is 1. The number of esters is 1. The molecule has 0 fully saturated rings. The van der Waals surface area contributed by atoms with Gasteiger partial charge in [0.1, 0.15) is 12.3 Å². The standard InChI is InChI=1S/C12H16N2O4/c1-18-11(16)7-14-12(17)10(13)6-8-2-4-9(15)5-3-8/h2-5,10,15H,6-7,13H2,1H3,(H,14,17)/t10-/m0/s1. The van der Waals surface area contributed by atoms with Crippen LogP contribution in [0.15, 0.2) is 24.3 Å². The van der Waals surface area contributed by atoms with Gasteiger partial charge in [0.15, 0.2) is 0 Å². The number of carbonyl (C=O) groups excluding carboxylic acids is 2. The average molecular weight is 252 g/mol. The Morgan fingerprint density at radius 3 is 2.56 bits per heavy atom. The van der Waals surface area contributed by atoms with Crippen molar-refractivity contribution >= 4 is 11.9 Å². The third kappa shape index (κ3) is 4.42. The molecule has 0 aliphatic heterocycles. The summed E-state index contributed by atoms with van der Waals surface area (Å²) in [4.78, 5) is 22.4. The number of benzene rings is 1. The summed E-state index contributed by atoms with van der Waals surface area (Å²) in [6, 6.07) is 5.66. The van der Waals surface area contributed by atoms with E-state index in [0.29, 0.717) is 6.42 Å². The van der Waals surface area contributed by atoms with Gasteiger partial charge >= 0.3 is 5.97 Å². The summed E-state index contributed by atoms with van der Waals surface area (Å²) >= 11 is 0. The van der Waals surface area contributed by atoms with Gasteiger partial charge in [-0.25, -0.2) is 0 Å². The summed E-state index contributed by atoms with van der Waals surface area (Å²) in [5.74, 6) is -0.795. The molecule has 98 valence electrons. The van der Waals surface area contributed by atoms with Crippen LogP contribution in [0.25, 0.3) is 0 Å². The maximum Gasteiger partial charge on any atom is 0.325 e. The molecular formula is C12H16N2O4. The van der Waals surface area contributed by atoms with Crippen LogP contribution in [0.1, 0.15) is 5.56 Å². The smallest absolute Gasteiger partial charge is 0.325 e. The van der Waals surface area contributed by atoms with Gasteiger partial charge in [-0.15, -0.1) is 0 Å². The van der Waals surface area contributed by atoms with Crippen LogP contribution in [0.4, 0.5) is 0 Å². The van der Waals surface area contributed by atoms with Crippen LogP contribution in [0.3, 0.4) is 0 Å². The van der Waals surface area contributed by atoms with Crippen molar-refractivity contribution in [2.45, 2.75) is 12.5 Å². The number of amides is 1. The molecule has 0 radical (unpaired) electrons. The molecule has 1 amide bonds. The molecule has 0 saturated heterocycles. The molecule has 1 rings (SSSR count). The lowest BCUT2D eigenvalue weighted by atomic mass is 10.1. The monoisotopic (exact) mass is 252 g/mol. The minimum absolute atomic E-state index is 0.155. The lowest BCUT2D eigenvalue weighted by Gasteiger charge is -2.11. The maximum absolute atomic E-state index is 11.5. The van der Waals surface area contributed by atoms with E-state index >= 15 is 0 Å². The number of hydrogen-bond donors (Lipinski definition) is 3. The van der Waals surface area contributed by atoms with E-state index < -0.39 is 17.9 Å². The van der Waals surface area contributed by atoms with E-state index in [1.54, 1.807) is 12.1 Å². The fraction of sp³-hybridized carbons (Fsp3) is 0.333. The quantitative estimate of drug-likeness (QED) is 0.616. The Hall–Kier alpha value is -2.08. The van der Waals surface area contributed by atoms with Crippen molar-refractivity contribution in [2.24, 2.45) is 5.73 Å². The summed E-state index contributed by atoms with van der Waals surface area (Å²) in [7, 11) is 1.24. The highest BCUT2D eigenvalue weighted by molar-refractivity contribution is 5.85. The molecule has 0 unspecified atom stereocenters. The van der Waals surface area contributed by atoms with E-state index in [1.165, 1.54) is 19.2 Å². The number of nitrogens with two attached hydrogens (primary N) is 1. The first-order valence-corrected chi connectivity index (χ1v) is 5.41. The Morgan fingerprint density at radius 2 is 2.00 bits per heavy atom. The summed E-state index contributed by atoms with van der Waals surface area (Å²) in [5, 5.41) is 11.5. The third-order valence-corrected chi connectivity index (χ3v) is 2.36. The molecule has 1 aromatic rings. The molecule has 0 bridgehead atoms. The highest BCUT2D eigenvalue weighted by Crippen LogP contribution is 2.10. The van der Waals surface area contributed by atoms with Gasteiger partial charge in [0.2, 0.25) is 5.91 Å². The predicted molar refractivity (Wildman–Crippen MR) is 64.8 cm³/mol. The first kappa shape index (κ1) is 14.0. The van der Waals surface area contributed by atoms with Crippen molar-refractivity contribution in [1.29, 1.82) is 0 Å². The number of carbonyl (C=O) groups is 2. The highest BCUT2D eigenvalue weighted by atomic mass is 16.5. The van der Waals surface area contributed by atoms with Crippen LogP contribution in [0.5, 0.6) is 5.75 Å². The Bertz CT molecular complexity index is 417. The molecule has 1 atom stereocenters. The molecule has 0 aliphatic carbocycles. The van der Waals surface area contributed by atoms with Crippen molar-refractivity contribution in [3.63, 3.8) is 0 Å². The first-order valence-electron chi connectivity index (χ1n) is 5.41. The minimum Gasteiger partial charge on any atom is -0.508 e. The van der Waals surface area contributed by atoms with Crippen LogP contribution in [-0.2, 0) is 20.7 Å². The van der Waals surface area contributed by atoms with Gasteiger partial charge in [0, 0.05) is 0 Å². The zero-order valence-electron chi connectivity index (χ0n) is 10.1. The Morgan fingerprint density at radius 1 is 1.39 bits per heavy atom. The minimum atomic E-state index is -0.751. The van der Waals surface area contributed by atoms with Crippen molar-refractivity contribution in [3.05, 3.63) is 29.8 Å². The van der Waals surface area contributed by atoms with Gasteiger partial charge in [-0.3, -0.25) is 9.59 Å². The van der Waals surface area contributed by atoms with Crippen molar-refractivity contribution in [2.75, 3.05) is 13.7 Å². The normalized spacial score (nSPS) is 11.7.